The molecule has 0 aliphatic rings. The van der Waals surface area contributed by atoms with Crippen LogP contribution in [0.3, 0.4) is 0 Å². The highest BCUT2D eigenvalue weighted by Crippen LogP contribution is 2.27. The summed E-state index contributed by atoms with van der Waals surface area (Å²) in [5.41, 5.74) is 1.85. The van der Waals surface area contributed by atoms with Crippen LogP contribution in [-0.2, 0) is 22.6 Å². The van der Waals surface area contributed by atoms with Gasteiger partial charge >= 0.3 is 11.6 Å². The van der Waals surface area contributed by atoms with Crippen LogP contribution in [0, 0.1) is 0 Å². The largest absolute Gasteiger partial charge is 0.461 e. The van der Waals surface area contributed by atoms with E-state index in [1.807, 2.05) is 47.2 Å². The van der Waals surface area contributed by atoms with Gasteiger partial charge in [0.25, 0.3) is 0 Å². The number of aryl methyl sites for hydroxylation is 1. The number of fused-ring (bicyclic) bond motifs is 3. The minimum absolute atomic E-state index is 0.0541. The van der Waals surface area contributed by atoms with Crippen LogP contribution < -0.4 is 5.63 Å². The quantitative estimate of drug-likeness (QED) is 0.293. The summed E-state index contributed by atoms with van der Waals surface area (Å²) in [5, 5.41) is 6.83. The van der Waals surface area contributed by atoms with Gasteiger partial charge in [0.05, 0.1) is 0 Å². The zero-order chi connectivity index (χ0) is 17.9. The van der Waals surface area contributed by atoms with Crippen molar-refractivity contribution in [3.05, 3.63) is 80.8 Å². The summed E-state index contributed by atoms with van der Waals surface area (Å²) in [6.45, 7) is 0.0541. The molecule has 0 fully saturated rings. The van der Waals surface area contributed by atoms with Gasteiger partial charge in [-0.05, 0) is 45.6 Å². The summed E-state index contributed by atoms with van der Waals surface area (Å²) >= 11 is 1.61. The molecule has 0 radical (unpaired) electrons. The maximum absolute atomic E-state index is 12.1. The maximum Gasteiger partial charge on any atom is 0.336 e. The molecule has 26 heavy (non-hydrogen) atoms. The van der Waals surface area contributed by atoms with Crippen molar-refractivity contribution in [2.75, 3.05) is 0 Å². The zero-order valence-electron chi connectivity index (χ0n) is 13.9. The molecule has 4 rings (SSSR count). The molecule has 2 heterocycles. The standard InChI is InChI=1S/C21H16O4S/c22-19(8-5-14-9-10-26-13-14)24-12-16-11-20(23)25-18-7-6-15-3-1-2-4-17(15)21(16)18/h1-4,6-7,9-11,13H,5,8,12H2. The molecule has 0 saturated heterocycles. The SMILES string of the molecule is O=C(CCc1ccsc1)OCc1cc(=O)oc2ccc3ccccc3c12. The lowest BCUT2D eigenvalue weighted by Gasteiger charge is -2.09. The molecule has 2 aromatic carbocycles. The van der Waals surface area contributed by atoms with Gasteiger partial charge in [0.1, 0.15) is 12.2 Å². The van der Waals surface area contributed by atoms with E-state index in [1.165, 1.54) is 6.07 Å². The van der Waals surface area contributed by atoms with Crippen LogP contribution in [-0.4, -0.2) is 5.97 Å². The molecule has 0 aliphatic carbocycles. The highest BCUT2D eigenvalue weighted by Gasteiger charge is 2.12. The van der Waals surface area contributed by atoms with Gasteiger partial charge in [-0.15, -0.1) is 0 Å². The normalized spacial score (nSPS) is 11.1. The van der Waals surface area contributed by atoms with Gasteiger partial charge < -0.3 is 9.15 Å². The minimum atomic E-state index is -0.447. The monoisotopic (exact) mass is 364 g/mol. The minimum Gasteiger partial charge on any atom is -0.461 e. The number of esters is 1. The van der Waals surface area contributed by atoms with Gasteiger partial charge in [0, 0.05) is 23.4 Å². The van der Waals surface area contributed by atoms with E-state index in [2.05, 4.69) is 0 Å². The van der Waals surface area contributed by atoms with Gasteiger partial charge in [-0.3, -0.25) is 4.79 Å². The van der Waals surface area contributed by atoms with Gasteiger partial charge in [0.2, 0.25) is 0 Å². The molecule has 130 valence electrons. The summed E-state index contributed by atoms with van der Waals surface area (Å²) in [6.07, 6.45) is 0.972. The smallest absolute Gasteiger partial charge is 0.336 e. The first kappa shape index (κ1) is 16.5. The Balaban J connectivity index is 1.60. The Morgan fingerprint density at radius 2 is 2.00 bits per heavy atom. The van der Waals surface area contributed by atoms with E-state index >= 15 is 0 Å². The summed E-state index contributed by atoms with van der Waals surface area (Å²) in [4.78, 5) is 23.9. The van der Waals surface area contributed by atoms with E-state index < -0.39 is 5.63 Å². The second-order valence-corrected chi connectivity index (χ2v) is 6.82. The molecule has 0 unspecified atom stereocenters. The molecular formula is C21H16O4S. The van der Waals surface area contributed by atoms with E-state index in [1.54, 1.807) is 17.4 Å². The molecule has 4 aromatic rings. The molecular weight excluding hydrogens is 348 g/mol. The number of ether oxygens (including phenoxy) is 1. The molecule has 0 bridgehead atoms. The Morgan fingerprint density at radius 3 is 2.85 bits per heavy atom. The van der Waals surface area contributed by atoms with Crippen molar-refractivity contribution in [3.8, 4) is 0 Å². The Hall–Kier alpha value is -2.92. The summed E-state index contributed by atoms with van der Waals surface area (Å²) in [5.74, 6) is -0.280. The Labute approximate surface area is 153 Å². The first-order valence-electron chi connectivity index (χ1n) is 8.32. The topological polar surface area (TPSA) is 56.5 Å². The van der Waals surface area contributed by atoms with E-state index in [9.17, 15) is 9.59 Å². The van der Waals surface area contributed by atoms with Crippen LogP contribution in [0.2, 0.25) is 0 Å². The number of hydrogen-bond donors (Lipinski definition) is 0. The zero-order valence-corrected chi connectivity index (χ0v) is 14.8. The predicted molar refractivity (Wildman–Crippen MR) is 102 cm³/mol. The van der Waals surface area contributed by atoms with Crippen LogP contribution in [0.15, 0.2) is 68.5 Å². The first-order chi connectivity index (χ1) is 12.7. The Kier molecular flexibility index (Phi) is 4.54. The Morgan fingerprint density at radius 1 is 1.12 bits per heavy atom. The average Bonchev–Trinajstić information content (AvgIpc) is 3.17. The second-order valence-electron chi connectivity index (χ2n) is 6.04. The van der Waals surface area contributed by atoms with Gasteiger partial charge in [-0.25, -0.2) is 4.79 Å². The van der Waals surface area contributed by atoms with Crippen LogP contribution in [0.4, 0.5) is 0 Å². The second kappa shape index (κ2) is 7.14. The Bertz CT molecular complexity index is 1130. The molecule has 0 aliphatic heterocycles. The van der Waals surface area contributed by atoms with E-state index in [0.717, 1.165) is 21.7 Å². The highest BCUT2D eigenvalue weighted by atomic mass is 32.1. The average molecular weight is 364 g/mol. The van der Waals surface area contributed by atoms with Crippen LogP contribution in [0.25, 0.3) is 21.7 Å². The van der Waals surface area contributed by atoms with Crippen LogP contribution in [0.5, 0.6) is 0 Å². The van der Waals surface area contributed by atoms with Crippen molar-refractivity contribution in [1.29, 1.82) is 0 Å². The molecule has 0 atom stereocenters. The molecule has 5 heteroatoms. The molecule has 0 spiro atoms. The molecule has 0 amide bonds. The first-order valence-corrected chi connectivity index (χ1v) is 9.26. The lowest BCUT2D eigenvalue weighted by molar-refractivity contribution is -0.144. The van der Waals surface area contributed by atoms with E-state index in [4.69, 9.17) is 9.15 Å². The number of thiophene rings is 1. The molecule has 0 N–H and O–H groups in total. The van der Waals surface area contributed by atoms with Crippen molar-refractivity contribution in [2.45, 2.75) is 19.4 Å². The highest BCUT2D eigenvalue weighted by molar-refractivity contribution is 7.07. The summed E-state index contributed by atoms with van der Waals surface area (Å²) < 4.78 is 10.7. The van der Waals surface area contributed by atoms with Crippen molar-refractivity contribution in [1.82, 2.24) is 0 Å². The van der Waals surface area contributed by atoms with E-state index in [0.29, 0.717) is 24.0 Å². The van der Waals surface area contributed by atoms with Crippen molar-refractivity contribution < 1.29 is 13.9 Å². The lowest BCUT2D eigenvalue weighted by Crippen LogP contribution is -2.08. The molecule has 2 aromatic heterocycles. The number of rotatable bonds is 5. The molecule has 0 saturated carbocycles. The predicted octanol–water partition coefficient (Wildman–Crippen LogP) is 4.68. The lowest BCUT2D eigenvalue weighted by atomic mass is 10.0. The number of hydrogen-bond acceptors (Lipinski definition) is 5. The number of carbonyl (C=O) groups excluding carboxylic acids is 1. The third-order valence-electron chi connectivity index (χ3n) is 4.30. The van der Waals surface area contributed by atoms with Crippen molar-refractivity contribution in [3.63, 3.8) is 0 Å². The van der Waals surface area contributed by atoms with Crippen molar-refractivity contribution >= 4 is 39.0 Å². The summed E-state index contributed by atoms with van der Waals surface area (Å²) in [6, 6.07) is 15.0. The fourth-order valence-corrected chi connectivity index (χ4v) is 3.75. The molecule has 4 nitrogen and oxygen atoms in total. The van der Waals surface area contributed by atoms with Gasteiger partial charge in [0.15, 0.2) is 0 Å². The summed E-state index contributed by atoms with van der Waals surface area (Å²) in [7, 11) is 0. The third-order valence-corrected chi connectivity index (χ3v) is 5.03. The van der Waals surface area contributed by atoms with E-state index in [-0.39, 0.29) is 12.6 Å². The van der Waals surface area contributed by atoms with Gasteiger partial charge in [-0.2, -0.15) is 11.3 Å². The fraction of sp³-hybridized carbons (Fsp3) is 0.143. The number of benzene rings is 2. The third kappa shape index (κ3) is 3.39. The van der Waals surface area contributed by atoms with Crippen LogP contribution in [0.1, 0.15) is 17.5 Å². The fourth-order valence-electron chi connectivity index (χ4n) is 3.05. The van der Waals surface area contributed by atoms with Crippen molar-refractivity contribution in [2.24, 2.45) is 0 Å². The van der Waals surface area contributed by atoms with Crippen LogP contribution >= 0.6 is 11.3 Å². The van der Waals surface area contributed by atoms with Gasteiger partial charge in [-0.1, -0.05) is 30.3 Å². The maximum atomic E-state index is 12.1. The number of carbonyl (C=O) groups is 1.